The minimum atomic E-state index is 0.844. The van der Waals surface area contributed by atoms with Crippen molar-refractivity contribution in [3.05, 3.63) is 60.7 Å². The van der Waals surface area contributed by atoms with Crippen molar-refractivity contribution >= 4 is 0 Å². The number of hydrogen-bond donors (Lipinski definition) is 0. The molecule has 2 aromatic carbocycles. The Balaban J connectivity index is 0.000000372. The predicted octanol–water partition coefficient (Wildman–Crippen LogP) is 5.44. The Bertz CT molecular complexity index is 378. The van der Waals surface area contributed by atoms with Crippen molar-refractivity contribution in [2.24, 2.45) is 0 Å². The fourth-order valence-corrected chi connectivity index (χ4v) is 1.67. The Hall–Kier alpha value is -1.64. The summed E-state index contributed by atoms with van der Waals surface area (Å²) in [5, 5.41) is 0. The van der Waals surface area contributed by atoms with Gasteiger partial charge in [0.25, 0.3) is 0 Å². The molecule has 0 spiro atoms. The molecule has 2 nitrogen and oxygen atoms in total. The van der Waals surface area contributed by atoms with Crippen LogP contribution in [0.1, 0.15) is 27.7 Å². The molecule has 0 amide bonds. The lowest BCUT2D eigenvalue weighted by Crippen LogP contribution is -1.84. The molecule has 0 atom stereocenters. The normalized spacial score (nSPS) is 9.09. The van der Waals surface area contributed by atoms with Crippen molar-refractivity contribution in [3.8, 4) is 11.1 Å². The lowest BCUT2D eigenvalue weighted by atomic mass is 10.1. The van der Waals surface area contributed by atoms with Gasteiger partial charge in [0.05, 0.1) is 0 Å². The van der Waals surface area contributed by atoms with Gasteiger partial charge in [0.2, 0.25) is 0 Å². The summed E-state index contributed by atoms with van der Waals surface area (Å²) < 4.78 is 9.67. The molecule has 0 saturated heterocycles. The van der Waals surface area contributed by atoms with E-state index in [-0.39, 0.29) is 0 Å². The molecule has 0 N–H and O–H groups in total. The van der Waals surface area contributed by atoms with Crippen molar-refractivity contribution in [3.63, 3.8) is 0 Å². The molecule has 0 saturated carbocycles. The lowest BCUT2D eigenvalue weighted by Gasteiger charge is -1.98. The molecule has 0 aliphatic heterocycles. The molecule has 0 aliphatic carbocycles. The molecule has 0 aromatic heterocycles. The van der Waals surface area contributed by atoms with E-state index in [9.17, 15) is 0 Å². The summed E-state index contributed by atoms with van der Waals surface area (Å²) >= 11 is 0. The van der Waals surface area contributed by atoms with Gasteiger partial charge in [-0.2, -0.15) is 0 Å². The predicted molar refractivity (Wildman–Crippen MR) is 96.2 cm³/mol. The van der Waals surface area contributed by atoms with Crippen LogP contribution < -0.4 is 0 Å². The Kier molecular flexibility index (Phi) is 14.6. The zero-order valence-electron chi connectivity index (χ0n) is 14.4. The Morgan fingerprint density at radius 1 is 0.500 bits per heavy atom. The highest BCUT2D eigenvalue weighted by atomic mass is 16.5. The van der Waals surface area contributed by atoms with E-state index in [1.165, 1.54) is 11.1 Å². The van der Waals surface area contributed by atoms with E-state index in [0.29, 0.717) is 0 Å². The summed E-state index contributed by atoms with van der Waals surface area (Å²) in [6.07, 6.45) is 0. The van der Waals surface area contributed by atoms with Gasteiger partial charge in [-0.05, 0) is 38.8 Å². The maximum absolute atomic E-state index is 4.83. The molecule has 122 valence electrons. The average Bonchev–Trinajstić information content (AvgIpc) is 2.59. The topological polar surface area (TPSA) is 18.5 Å². The highest BCUT2D eigenvalue weighted by Gasteiger charge is 1.91. The first-order valence-electron chi connectivity index (χ1n) is 8.05. The van der Waals surface area contributed by atoms with E-state index in [1.54, 1.807) is 0 Å². The van der Waals surface area contributed by atoms with Crippen molar-refractivity contribution in [2.75, 3.05) is 26.4 Å². The summed E-state index contributed by atoms with van der Waals surface area (Å²) in [7, 11) is 0. The van der Waals surface area contributed by atoms with Crippen LogP contribution in [0, 0.1) is 0 Å². The van der Waals surface area contributed by atoms with Crippen LogP contribution in [-0.4, -0.2) is 26.4 Å². The fourth-order valence-electron chi connectivity index (χ4n) is 1.67. The smallest absolute Gasteiger partial charge is 0.0437 e. The first-order valence-corrected chi connectivity index (χ1v) is 8.05. The molecule has 0 bridgehead atoms. The van der Waals surface area contributed by atoms with Gasteiger partial charge in [0.1, 0.15) is 0 Å². The molecule has 2 rings (SSSR count). The second-order valence-corrected chi connectivity index (χ2v) is 4.29. The fraction of sp³-hybridized carbons (Fsp3) is 0.400. The van der Waals surface area contributed by atoms with Crippen molar-refractivity contribution in [1.82, 2.24) is 0 Å². The molecule has 0 radical (unpaired) electrons. The van der Waals surface area contributed by atoms with Crippen LogP contribution in [0.5, 0.6) is 0 Å². The van der Waals surface area contributed by atoms with E-state index in [0.717, 1.165) is 26.4 Å². The minimum Gasteiger partial charge on any atom is -0.382 e. The third-order valence-corrected chi connectivity index (χ3v) is 2.70. The maximum Gasteiger partial charge on any atom is 0.0437 e. The zero-order chi connectivity index (χ0) is 16.5. The Morgan fingerprint density at radius 2 is 0.773 bits per heavy atom. The molecule has 0 fully saturated rings. The number of rotatable bonds is 5. The van der Waals surface area contributed by atoms with Crippen LogP contribution in [0.2, 0.25) is 0 Å². The highest BCUT2D eigenvalue weighted by Crippen LogP contribution is 2.17. The van der Waals surface area contributed by atoms with Crippen LogP contribution in [0.4, 0.5) is 0 Å². The number of benzene rings is 2. The molecule has 2 heteroatoms. The molecule has 0 aliphatic rings. The average molecular weight is 302 g/mol. The van der Waals surface area contributed by atoms with E-state index in [4.69, 9.17) is 9.47 Å². The van der Waals surface area contributed by atoms with Crippen molar-refractivity contribution < 1.29 is 9.47 Å². The van der Waals surface area contributed by atoms with Crippen molar-refractivity contribution in [1.29, 1.82) is 0 Å². The van der Waals surface area contributed by atoms with Gasteiger partial charge in [-0.3, -0.25) is 0 Å². The van der Waals surface area contributed by atoms with Crippen LogP contribution in [0.3, 0.4) is 0 Å². The monoisotopic (exact) mass is 302 g/mol. The Morgan fingerprint density at radius 3 is 0.955 bits per heavy atom. The van der Waals surface area contributed by atoms with Gasteiger partial charge in [-0.15, -0.1) is 0 Å². The van der Waals surface area contributed by atoms with Crippen LogP contribution in [0.15, 0.2) is 60.7 Å². The van der Waals surface area contributed by atoms with E-state index in [1.807, 2.05) is 39.8 Å². The van der Waals surface area contributed by atoms with Crippen LogP contribution in [0.25, 0.3) is 11.1 Å². The molecular weight excluding hydrogens is 272 g/mol. The van der Waals surface area contributed by atoms with Gasteiger partial charge in [0.15, 0.2) is 0 Å². The summed E-state index contributed by atoms with van der Waals surface area (Å²) in [5.41, 5.74) is 2.55. The molecule has 22 heavy (non-hydrogen) atoms. The second-order valence-electron chi connectivity index (χ2n) is 4.29. The highest BCUT2D eigenvalue weighted by molar-refractivity contribution is 5.62. The third kappa shape index (κ3) is 11.1. The Labute approximate surface area is 136 Å². The quantitative estimate of drug-likeness (QED) is 0.732. The summed E-state index contributed by atoms with van der Waals surface area (Å²) in [6, 6.07) is 20.8. The van der Waals surface area contributed by atoms with E-state index < -0.39 is 0 Å². The molecule has 2 aromatic rings. The van der Waals surface area contributed by atoms with Gasteiger partial charge < -0.3 is 9.47 Å². The van der Waals surface area contributed by atoms with E-state index in [2.05, 4.69) is 48.5 Å². The van der Waals surface area contributed by atoms with Gasteiger partial charge in [-0.1, -0.05) is 60.7 Å². The third-order valence-electron chi connectivity index (χ3n) is 2.70. The van der Waals surface area contributed by atoms with E-state index >= 15 is 0 Å². The van der Waals surface area contributed by atoms with Crippen LogP contribution in [-0.2, 0) is 9.47 Å². The first kappa shape index (κ1) is 20.4. The molecular formula is C20H30O2. The number of hydrogen-bond acceptors (Lipinski definition) is 2. The maximum atomic E-state index is 4.83. The van der Waals surface area contributed by atoms with Gasteiger partial charge in [-0.25, -0.2) is 0 Å². The standard InChI is InChI=1S/C12H10.2C4H10O/c1-3-7-11(8-4-1)12-9-5-2-6-10-12;2*1-3-5-4-2/h1-10H;2*3-4H2,1-2H3. The summed E-state index contributed by atoms with van der Waals surface area (Å²) in [5.74, 6) is 0. The summed E-state index contributed by atoms with van der Waals surface area (Å²) in [6.45, 7) is 11.3. The van der Waals surface area contributed by atoms with Crippen LogP contribution >= 0.6 is 0 Å². The van der Waals surface area contributed by atoms with Gasteiger partial charge >= 0.3 is 0 Å². The largest absolute Gasteiger partial charge is 0.382 e. The van der Waals surface area contributed by atoms with Crippen molar-refractivity contribution in [2.45, 2.75) is 27.7 Å². The first-order chi connectivity index (χ1) is 10.8. The summed E-state index contributed by atoms with van der Waals surface area (Å²) in [4.78, 5) is 0. The van der Waals surface area contributed by atoms with Gasteiger partial charge in [0, 0.05) is 26.4 Å². The molecule has 0 heterocycles. The lowest BCUT2D eigenvalue weighted by molar-refractivity contribution is 0.162. The SMILES string of the molecule is CCOCC.CCOCC.c1ccc(-c2ccccc2)cc1. The number of ether oxygens (including phenoxy) is 2. The molecule has 0 unspecified atom stereocenters. The zero-order valence-corrected chi connectivity index (χ0v) is 14.4. The second kappa shape index (κ2) is 15.7. The minimum absolute atomic E-state index is 0.844.